The molecule has 1 saturated carbocycles. The van der Waals surface area contributed by atoms with Crippen LogP contribution in [0.5, 0.6) is 0 Å². The van der Waals surface area contributed by atoms with Crippen molar-refractivity contribution in [2.75, 3.05) is 18.1 Å². The lowest BCUT2D eigenvalue weighted by molar-refractivity contribution is 0.283. The van der Waals surface area contributed by atoms with Crippen molar-refractivity contribution in [3.8, 4) is 0 Å². The van der Waals surface area contributed by atoms with Gasteiger partial charge in [-0.05, 0) is 30.9 Å². The SMILES string of the molecule is CC(C)NCc1cccc(Cl)c1N(CCO)C1CCC1. The van der Waals surface area contributed by atoms with Gasteiger partial charge in [-0.3, -0.25) is 0 Å². The molecule has 3 nitrogen and oxygen atoms in total. The molecule has 0 amide bonds. The number of benzene rings is 1. The Morgan fingerprint density at radius 2 is 2.15 bits per heavy atom. The van der Waals surface area contributed by atoms with E-state index in [1.807, 2.05) is 12.1 Å². The maximum atomic E-state index is 9.37. The Morgan fingerprint density at radius 3 is 2.70 bits per heavy atom. The Hall–Kier alpha value is -0.770. The van der Waals surface area contributed by atoms with Crippen LogP contribution in [0.1, 0.15) is 38.7 Å². The molecule has 0 spiro atoms. The molecule has 0 unspecified atom stereocenters. The summed E-state index contributed by atoms with van der Waals surface area (Å²) in [6.07, 6.45) is 3.67. The number of anilines is 1. The minimum Gasteiger partial charge on any atom is -0.395 e. The van der Waals surface area contributed by atoms with Gasteiger partial charge < -0.3 is 15.3 Å². The van der Waals surface area contributed by atoms with Crippen molar-refractivity contribution in [2.45, 2.75) is 51.7 Å². The number of aliphatic hydroxyl groups is 1. The predicted octanol–water partition coefficient (Wildman–Crippen LogP) is 3.19. The monoisotopic (exact) mass is 296 g/mol. The molecule has 2 rings (SSSR count). The molecule has 4 heteroatoms. The van der Waals surface area contributed by atoms with Crippen LogP contribution in [0, 0.1) is 0 Å². The van der Waals surface area contributed by atoms with Crippen LogP contribution in [-0.4, -0.2) is 30.3 Å². The third-order valence-corrected chi connectivity index (χ3v) is 4.22. The van der Waals surface area contributed by atoms with E-state index in [1.54, 1.807) is 0 Å². The summed E-state index contributed by atoms with van der Waals surface area (Å²) in [6, 6.07) is 7.04. The molecular formula is C16H25ClN2O. The number of aliphatic hydroxyl groups excluding tert-OH is 1. The van der Waals surface area contributed by atoms with Crippen LogP contribution in [0.3, 0.4) is 0 Å². The fourth-order valence-corrected chi connectivity index (χ4v) is 2.92. The molecule has 1 aromatic carbocycles. The van der Waals surface area contributed by atoms with E-state index in [4.69, 9.17) is 11.6 Å². The zero-order valence-corrected chi connectivity index (χ0v) is 13.2. The molecule has 2 N–H and O–H groups in total. The zero-order chi connectivity index (χ0) is 14.5. The Morgan fingerprint density at radius 1 is 1.40 bits per heavy atom. The Balaban J connectivity index is 2.25. The fraction of sp³-hybridized carbons (Fsp3) is 0.625. The van der Waals surface area contributed by atoms with Crippen molar-refractivity contribution in [1.29, 1.82) is 0 Å². The van der Waals surface area contributed by atoms with E-state index in [9.17, 15) is 5.11 Å². The van der Waals surface area contributed by atoms with Crippen molar-refractivity contribution in [3.05, 3.63) is 28.8 Å². The summed E-state index contributed by atoms with van der Waals surface area (Å²) < 4.78 is 0. The van der Waals surface area contributed by atoms with Gasteiger partial charge in [0.2, 0.25) is 0 Å². The van der Waals surface area contributed by atoms with Crippen LogP contribution in [0.2, 0.25) is 5.02 Å². The highest BCUT2D eigenvalue weighted by Gasteiger charge is 2.27. The Labute approximate surface area is 126 Å². The molecule has 0 radical (unpaired) electrons. The van der Waals surface area contributed by atoms with Gasteiger partial charge in [0.1, 0.15) is 0 Å². The third-order valence-electron chi connectivity index (χ3n) is 3.91. The van der Waals surface area contributed by atoms with Gasteiger partial charge in [-0.1, -0.05) is 37.6 Å². The minimum atomic E-state index is 0.165. The zero-order valence-electron chi connectivity index (χ0n) is 12.4. The Bertz CT molecular complexity index is 432. The molecule has 1 aliphatic carbocycles. The molecule has 1 fully saturated rings. The number of para-hydroxylation sites is 1. The topological polar surface area (TPSA) is 35.5 Å². The predicted molar refractivity (Wildman–Crippen MR) is 85.5 cm³/mol. The highest BCUT2D eigenvalue weighted by molar-refractivity contribution is 6.33. The van der Waals surface area contributed by atoms with Crippen LogP contribution in [0.15, 0.2) is 18.2 Å². The number of rotatable bonds is 7. The molecule has 0 aromatic heterocycles. The van der Waals surface area contributed by atoms with Gasteiger partial charge in [-0.25, -0.2) is 0 Å². The largest absolute Gasteiger partial charge is 0.395 e. The highest BCUT2D eigenvalue weighted by Crippen LogP contribution is 2.36. The molecule has 20 heavy (non-hydrogen) atoms. The van der Waals surface area contributed by atoms with Gasteiger partial charge in [0.05, 0.1) is 17.3 Å². The van der Waals surface area contributed by atoms with E-state index in [1.165, 1.54) is 24.8 Å². The van der Waals surface area contributed by atoms with E-state index < -0.39 is 0 Å². The van der Waals surface area contributed by atoms with E-state index >= 15 is 0 Å². The summed E-state index contributed by atoms with van der Waals surface area (Å²) >= 11 is 6.45. The van der Waals surface area contributed by atoms with Crippen molar-refractivity contribution in [2.24, 2.45) is 0 Å². The van der Waals surface area contributed by atoms with Crippen molar-refractivity contribution in [3.63, 3.8) is 0 Å². The maximum Gasteiger partial charge on any atom is 0.0643 e. The number of nitrogens with zero attached hydrogens (tertiary/aromatic N) is 1. The molecule has 0 saturated heterocycles. The first-order valence-corrected chi connectivity index (χ1v) is 7.89. The smallest absolute Gasteiger partial charge is 0.0643 e. The van der Waals surface area contributed by atoms with Gasteiger partial charge >= 0.3 is 0 Å². The first-order chi connectivity index (χ1) is 9.63. The Kier molecular flexibility index (Phi) is 5.70. The second-order valence-corrected chi connectivity index (χ2v) is 6.19. The summed E-state index contributed by atoms with van der Waals surface area (Å²) in [5, 5.41) is 13.6. The molecule has 0 heterocycles. The fourth-order valence-electron chi connectivity index (χ4n) is 2.62. The van der Waals surface area contributed by atoms with Crippen LogP contribution in [0.4, 0.5) is 5.69 Å². The van der Waals surface area contributed by atoms with E-state index in [0.29, 0.717) is 18.6 Å². The molecule has 1 aliphatic rings. The first-order valence-electron chi connectivity index (χ1n) is 7.51. The number of nitrogens with one attached hydrogen (secondary N) is 1. The van der Waals surface area contributed by atoms with Gasteiger partial charge in [0.15, 0.2) is 0 Å². The summed E-state index contributed by atoms with van der Waals surface area (Å²) in [5.74, 6) is 0. The van der Waals surface area contributed by atoms with Gasteiger partial charge in [-0.15, -0.1) is 0 Å². The minimum absolute atomic E-state index is 0.165. The summed E-state index contributed by atoms with van der Waals surface area (Å²) in [6.45, 7) is 5.91. The molecule has 0 bridgehead atoms. The highest BCUT2D eigenvalue weighted by atomic mass is 35.5. The lowest BCUT2D eigenvalue weighted by Crippen LogP contribution is -2.43. The number of hydrogen-bond donors (Lipinski definition) is 2. The van der Waals surface area contributed by atoms with Crippen molar-refractivity contribution >= 4 is 17.3 Å². The molecule has 1 aromatic rings. The van der Waals surface area contributed by atoms with Gasteiger partial charge in [-0.2, -0.15) is 0 Å². The average Bonchev–Trinajstić information content (AvgIpc) is 2.34. The lowest BCUT2D eigenvalue weighted by atomic mass is 9.90. The normalized spacial score (nSPS) is 15.4. The second-order valence-electron chi connectivity index (χ2n) is 5.78. The van der Waals surface area contributed by atoms with Crippen LogP contribution < -0.4 is 10.2 Å². The molecule has 112 valence electrons. The van der Waals surface area contributed by atoms with Crippen molar-refractivity contribution < 1.29 is 5.11 Å². The summed E-state index contributed by atoms with van der Waals surface area (Å²) in [5.41, 5.74) is 2.31. The van der Waals surface area contributed by atoms with Gasteiger partial charge in [0, 0.05) is 25.2 Å². The number of hydrogen-bond acceptors (Lipinski definition) is 3. The summed E-state index contributed by atoms with van der Waals surface area (Å²) in [7, 11) is 0. The summed E-state index contributed by atoms with van der Waals surface area (Å²) in [4.78, 5) is 2.29. The van der Waals surface area contributed by atoms with E-state index in [2.05, 4.69) is 30.1 Å². The standard InChI is InChI=1S/C16H25ClN2O/c1-12(2)18-11-13-5-3-8-15(17)16(13)19(9-10-20)14-6-4-7-14/h3,5,8,12,14,18,20H,4,6-7,9-11H2,1-2H3. The first kappa shape index (κ1) is 15.6. The van der Waals surface area contributed by atoms with Gasteiger partial charge in [0.25, 0.3) is 0 Å². The molecule has 0 aliphatic heterocycles. The quantitative estimate of drug-likeness (QED) is 0.811. The average molecular weight is 297 g/mol. The van der Waals surface area contributed by atoms with Crippen LogP contribution in [0.25, 0.3) is 0 Å². The second kappa shape index (κ2) is 7.30. The molecule has 0 atom stereocenters. The third kappa shape index (κ3) is 3.66. The van der Waals surface area contributed by atoms with E-state index in [-0.39, 0.29) is 6.61 Å². The van der Waals surface area contributed by atoms with Crippen molar-refractivity contribution in [1.82, 2.24) is 5.32 Å². The number of halogens is 1. The maximum absolute atomic E-state index is 9.37. The van der Waals surface area contributed by atoms with Crippen LogP contribution >= 0.6 is 11.6 Å². The lowest BCUT2D eigenvalue weighted by Gasteiger charge is -2.40. The van der Waals surface area contributed by atoms with Crippen LogP contribution in [-0.2, 0) is 6.54 Å². The van der Waals surface area contributed by atoms with E-state index in [0.717, 1.165) is 17.3 Å². The molecular weight excluding hydrogens is 272 g/mol.